The molecular weight excluding hydrogens is 328 g/mol. The molecule has 0 spiro atoms. The average Bonchev–Trinajstić information content (AvgIpc) is 2.88. The second kappa shape index (κ2) is 6.28. The van der Waals surface area contributed by atoms with E-state index in [0.717, 1.165) is 23.7 Å². The Kier molecular flexibility index (Phi) is 4.95. The van der Waals surface area contributed by atoms with Crippen molar-refractivity contribution >= 4 is 38.6 Å². The summed E-state index contributed by atoms with van der Waals surface area (Å²) in [4.78, 5) is 7.28. The van der Waals surface area contributed by atoms with Crippen LogP contribution in [-0.2, 0) is 0 Å². The van der Waals surface area contributed by atoms with Crippen LogP contribution in [0.5, 0.6) is 0 Å². The first-order chi connectivity index (χ1) is 8.61. The van der Waals surface area contributed by atoms with Crippen LogP contribution in [0.15, 0.2) is 15.9 Å². The molecule has 0 aliphatic carbocycles. The summed E-state index contributed by atoms with van der Waals surface area (Å²) in [6, 6.07) is 2.45. The number of nitrogens with zero attached hydrogens (tertiary/aromatic N) is 1. The molecule has 1 N–H and O–H groups in total. The van der Waals surface area contributed by atoms with Crippen LogP contribution < -0.4 is 5.32 Å². The van der Waals surface area contributed by atoms with E-state index < -0.39 is 0 Å². The number of thiazole rings is 1. The topological polar surface area (TPSA) is 24.9 Å². The highest BCUT2D eigenvalue weighted by molar-refractivity contribution is 9.10. The summed E-state index contributed by atoms with van der Waals surface area (Å²) in [5.74, 6) is 0. The first-order valence-corrected chi connectivity index (χ1v) is 8.52. The molecule has 2 rings (SSSR count). The Morgan fingerprint density at radius 1 is 1.44 bits per heavy atom. The molecule has 0 aliphatic rings. The molecule has 2 aromatic rings. The van der Waals surface area contributed by atoms with Gasteiger partial charge in [0.15, 0.2) is 0 Å². The van der Waals surface area contributed by atoms with Gasteiger partial charge < -0.3 is 5.32 Å². The first-order valence-electron chi connectivity index (χ1n) is 6.03. The van der Waals surface area contributed by atoms with E-state index in [1.807, 2.05) is 18.3 Å². The number of rotatable bonds is 5. The van der Waals surface area contributed by atoms with Crippen molar-refractivity contribution in [1.29, 1.82) is 0 Å². The van der Waals surface area contributed by atoms with Crippen molar-refractivity contribution in [2.45, 2.75) is 33.2 Å². The van der Waals surface area contributed by atoms with Crippen LogP contribution in [0.25, 0.3) is 0 Å². The van der Waals surface area contributed by atoms with Crippen LogP contribution >= 0.6 is 38.6 Å². The van der Waals surface area contributed by atoms with Gasteiger partial charge in [0.2, 0.25) is 0 Å². The quantitative estimate of drug-likeness (QED) is 0.852. The molecular formula is C13H17BrN2S2. The van der Waals surface area contributed by atoms with Crippen molar-refractivity contribution in [2.75, 3.05) is 6.54 Å². The van der Waals surface area contributed by atoms with E-state index in [2.05, 4.69) is 51.5 Å². The molecule has 0 aromatic carbocycles. The Hall–Kier alpha value is -0.230. The maximum atomic E-state index is 4.63. The molecule has 2 aromatic heterocycles. The van der Waals surface area contributed by atoms with Gasteiger partial charge in [-0.05, 0) is 48.8 Å². The van der Waals surface area contributed by atoms with E-state index in [0.29, 0.717) is 0 Å². The van der Waals surface area contributed by atoms with E-state index in [9.17, 15) is 0 Å². The molecule has 0 fully saturated rings. The number of aryl methyl sites for hydroxylation is 2. The van der Waals surface area contributed by atoms with Gasteiger partial charge in [-0.15, -0.1) is 22.7 Å². The van der Waals surface area contributed by atoms with Crippen molar-refractivity contribution < 1.29 is 0 Å². The van der Waals surface area contributed by atoms with Gasteiger partial charge in [-0.1, -0.05) is 6.92 Å². The molecule has 0 saturated heterocycles. The van der Waals surface area contributed by atoms with Crippen molar-refractivity contribution in [1.82, 2.24) is 10.3 Å². The number of nitrogens with one attached hydrogen (secondary N) is 1. The zero-order valence-corrected chi connectivity index (χ0v) is 14.0. The van der Waals surface area contributed by atoms with Gasteiger partial charge in [0.05, 0.1) is 6.04 Å². The molecule has 1 atom stereocenters. The third-order valence-electron chi connectivity index (χ3n) is 2.64. The van der Waals surface area contributed by atoms with Gasteiger partial charge in [0, 0.05) is 25.3 Å². The minimum Gasteiger partial charge on any atom is -0.304 e. The zero-order chi connectivity index (χ0) is 13.1. The smallest absolute Gasteiger partial charge is 0.115 e. The largest absolute Gasteiger partial charge is 0.304 e. The molecule has 0 radical (unpaired) electrons. The summed E-state index contributed by atoms with van der Waals surface area (Å²) in [7, 11) is 0. The Balaban J connectivity index is 2.30. The van der Waals surface area contributed by atoms with E-state index >= 15 is 0 Å². The van der Waals surface area contributed by atoms with Gasteiger partial charge >= 0.3 is 0 Å². The predicted octanol–water partition coefficient (Wildman–Crippen LogP) is 4.67. The van der Waals surface area contributed by atoms with Gasteiger partial charge in [0.25, 0.3) is 0 Å². The number of thiophene rings is 1. The summed E-state index contributed by atoms with van der Waals surface area (Å²) in [5, 5.41) is 6.87. The zero-order valence-electron chi connectivity index (χ0n) is 10.8. The summed E-state index contributed by atoms with van der Waals surface area (Å²) in [5.41, 5.74) is 1.10. The number of hydrogen-bond donors (Lipinski definition) is 1. The van der Waals surface area contributed by atoms with Crippen LogP contribution in [-0.4, -0.2) is 11.5 Å². The maximum absolute atomic E-state index is 4.63. The summed E-state index contributed by atoms with van der Waals surface area (Å²) < 4.78 is 1.19. The third kappa shape index (κ3) is 3.20. The van der Waals surface area contributed by atoms with Crippen molar-refractivity contribution in [2.24, 2.45) is 0 Å². The molecule has 18 heavy (non-hydrogen) atoms. The third-order valence-corrected chi connectivity index (χ3v) is 5.87. The minimum absolute atomic E-state index is 0.235. The van der Waals surface area contributed by atoms with Gasteiger partial charge in [0.1, 0.15) is 5.01 Å². The fourth-order valence-corrected chi connectivity index (χ4v) is 4.33. The van der Waals surface area contributed by atoms with Crippen LogP contribution in [0.1, 0.15) is 39.8 Å². The number of halogens is 1. The SMILES string of the molecule is CCCNC(c1cc(Br)c(C)s1)c1nc(C)cs1. The van der Waals surface area contributed by atoms with E-state index in [4.69, 9.17) is 0 Å². The van der Waals surface area contributed by atoms with Crippen LogP contribution in [0, 0.1) is 13.8 Å². The maximum Gasteiger partial charge on any atom is 0.115 e. The Labute approximate surface area is 125 Å². The molecule has 0 saturated carbocycles. The lowest BCUT2D eigenvalue weighted by Crippen LogP contribution is -2.22. The monoisotopic (exact) mass is 344 g/mol. The highest BCUT2D eigenvalue weighted by atomic mass is 79.9. The molecule has 0 aliphatic heterocycles. The summed E-state index contributed by atoms with van der Waals surface area (Å²) >= 11 is 7.17. The minimum atomic E-state index is 0.235. The second-order valence-corrected chi connectivity index (χ2v) is 7.30. The van der Waals surface area contributed by atoms with Crippen molar-refractivity contribution in [3.05, 3.63) is 36.4 Å². The first kappa shape index (κ1) is 14.2. The van der Waals surface area contributed by atoms with Gasteiger partial charge in [-0.25, -0.2) is 4.98 Å². The Morgan fingerprint density at radius 3 is 2.72 bits per heavy atom. The fourth-order valence-electron chi connectivity index (χ4n) is 1.73. The van der Waals surface area contributed by atoms with E-state index in [-0.39, 0.29) is 6.04 Å². The molecule has 5 heteroatoms. The second-order valence-electron chi connectivity index (χ2n) is 4.27. The summed E-state index contributed by atoms with van der Waals surface area (Å²) in [6.45, 7) is 7.39. The van der Waals surface area contributed by atoms with E-state index in [1.54, 1.807) is 11.3 Å². The number of aromatic nitrogens is 1. The van der Waals surface area contributed by atoms with Gasteiger partial charge in [-0.3, -0.25) is 0 Å². The molecule has 0 bridgehead atoms. The molecule has 98 valence electrons. The van der Waals surface area contributed by atoms with Crippen LogP contribution in [0.2, 0.25) is 0 Å². The van der Waals surface area contributed by atoms with Crippen LogP contribution in [0.3, 0.4) is 0 Å². The Bertz CT molecular complexity index is 499. The lowest BCUT2D eigenvalue weighted by molar-refractivity contribution is 0.602. The molecule has 1 unspecified atom stereocenters. The molecule has 2 heterocycles. The normalized spacial score (nSPS) is 12.9. The highest BCUT2D eigenvalue weighted by Crippen LogP contribution is 2.34. The summed E-state index contributed by atoms with van der Waals surface area (Å²) in [6.07, 6.45) is 1.13. The molecule has 2 nitrogen and oxygen atoms in total. The van der Waals surface area contributed by atoms with Gasteiger partial charge in [-0.2, -0.15) is 0 Å². The van der Waals surface area contributed by atoms with Crippen molar-refractivity contribution in [3.8, 4) is 0 Å². The fraction of sp³-hybridized carbons (Fsp3) is 0.462. The Morgan fingerprint density at radius 2 is 2.22 bits per heavy atom. The average molecular weight is 345 g/mol. The predicted molar refractivity (Wildman–Crippen MR) is 83.7 cm³/mol. The standard InChI is InChI=1S/C13H17BrN2S2/c1-4-5-15-12(13-16-8(2)7-17-13)11-6-10(14)9(3)18-11/h6-7,12,15H,4-5H2,1-3H3. The van der Waals surface area contributed by atoms with Crippen molar-refractivity contribution in [3.63, 3.8) is 0 Å². The lowest BCUT2D eigenvalue weighted by Gasteiger charge is -2.14. The van der Waals surface area contributed by atoms with Crippen LogP contribution in [0.4, 0.5) is 0 Å². The number of hydrogen-bond acceptors (Lipinski definition) is 4. The lowest BCUT2D eigenvalue weighted by atomic mass is 10.2. The van der Waals surface area contributed by atoms with E-state index in [1.165, 1.54) is 14.2 Å². The molecule has 0 amide bonds. The highest BCUT2D eigenvalue weighted by Gasteiger charge is 2.19.